The number of carbonyl (C=O) groups excluding carboxylic acids is 1. The standard InChI is InChI=1S/C18H19FO/c1-11(2)15-7-12(3)8-16(17(15)10-20)14-5-6-18(19)13(4)9-14/h5-11H,1-4H3. The third kappa shape index (κ3) is 2.64. The van der Waals surface area contributed by atoms with Crippen molar-refractivity contribution in [3.05, 3.63) is 58.4 Å². The minimum atomic E-state index is -0.224. The zero-order valence-corrected chi connectivity index (χ0v) is 12.3. The van der Waals surface area contributed by atoms with Gasteiger partial charge in [-0.15, -0.1) is 0 Å². The summed E-state index contributed by atoms with van der Waals surface area (Å²) in [5.41, 5.74) is 5.21. The predicted molar refractivity (Wildman–Crippen MR) is 80.8 cm³/mol. The second-order valence-corrected chi connectivity index (χ2v) is 5.55. The molecule has 0 atom stereocenters. The van der Waals surface area contributed by atoms with Gasteiger partial charge in [0.1, 0.15) is 5.82 Å². The Morgan fingerprint density at radius 3 is 2.35 bits per heavy atom. The largest absolute Gasteiger partial charge is 0.298 e. The summed E-state index contributed by atoms with van der Waals surface area (Å²) in [7, 11) is 0. The van der Waals surface area contributed by atoms with Crippen LogP contribution < -0.4 is 0 Å². The first-order chi connectivity index (χ1) is 9.43. The minimum Gasteiger partial charge on any atom is -0.298 e. The lowest BCUT2D eigenvalue weighted by Gasteiger charge is -2.15. The van der Waals surface area contributed by atoms with Crippen LogP contribution in [0, 0.1) is 19.7 Å². The number of benzene rings is 2. The third-order valence-electron chi connectivity index (χ3n) is 3.57. The van der Waals surface area contributed by atoms with Crippen molar-refractivity contribution < 1.29 is 9.18 Å². The maximum Gasteiger partial charge on any atom is 0.150 e. The maximum absolute atomic E-state index is 13.4. The predicted octanol–water partition coefficient (Wildman–Crippen LogP) is 5.05. The summed E-state index contributed by atoms with van der Waals surface area (Å²) < 4.78 is 13.4. The van der Waals surface area contributed by atoms with Crippen LogP contribution in [0.1, 0.15) is 46.8 Å². The van der Waals surface area contributed by atoms with Gasteiger partial charge in [-0.25, -0.2) is 4.39 Å². The van der Waals surface area contributed by atoms with E-state index in [0.717, 1.165) is 28.5 Å². The van der Waals surface area contributed by atoms with E-state index in [0.29, 0.717) is 11.1 Å². The Bertz CT molecular complexity index is 657. The highest BCUT2D eigenvalue weighted by molar-refractivity contribution is 5.90. The van der Waals surface area contributed by atoms with Crippen LogP contribution in [0.25, 0.3) is 11.1 Å². The molecule has 0 saturated carbocycles. The SMILES string of the molecule is Cc1cc(-c2ccc(F)c(C)c2)c(C=O)c(C(C)C)c1. The second kappa shape index (κ2) is 5.58. The Morgan fingerprint density at radius 1 is 1.10 bits per heavy atom. The molecule has 2 aromatic carbocycles. The average Bonchev–Trinajstić information content (AvgIpc) is 2.40. The smallest absolute Gasteiger partial charge is 0.150 e. The lowest BCUT2D eigenvalue weighted by molar-refractivity contribution is 0.112. The zero-order valence-electron chi connectivity index (χ0n) is 12.3. The molecule has 0 unspecified atom stereocenters. The minimum absolute atomic E-state index is 0.224. The molecular formula is C18H19FO. The lowest BCUT2D eigenvalue weighted by atomic mass is 9.88. The monoisotopic (exact) mass is 270 g/mol. The Morgan fingerprint density at radius 2 is 1.80 bits per heavy atom. The average molecular weight is 270 g/mol. The number of hydrogen-bond acceptors (Lipinski definition) is 1. The van der Waals surface area contributed by atoms with Crippen LogP contribution in [-0.2, 0) is 0 Å². The van der Waals surface area contributed by atoms with Crippen molar-refractivity contribution in [3.8, 4) is 11.1 Å². The first kappa shape index (κ1) is 14.4. The van der Waals surface area contributed by atoms with Crippen molar-refractivity contribution in [1.29, 1.82) is 0 Å². The van der Waals surface area contributed by atoms with Crippen molar-refractivity contribution >= 4 is 6.29 Å². The summed E-state index contributed by atoms with van der Waals surface area (Å²) in [6, 6.07) is 9.02. The zero-order chi connectivity index (χ0) is 14.9. The van der Waals surface area contributed by atoms with Gasteiger partial charge < -0.3 is 0 Å². The summed E-state index contributed by atoms with van der Waals surface area (Å²) in [4.78, 5) is 11.5. The quantitative estimate of drug-likeness (QED) is 0.714. The Balaban J connectivity index is 2.72. The van der Waals surface area contributed by atoms with Crippen LogP contribution in [0.5, 0.6) is 0 Å². The van der Waals surface area contributed by atoms with E-state index in [1.165, 1.54) is 6.07 Å². The van der Waals surface area contributed by atoms with Gasteiger partial charge in [0.05, 0.1) is 0 Å². The van der Waals surface area contributed by atoms with Crippen LogP contribution in [0.3, 0.4) is 0 Å². The molecule has 1 nitrogen and oxygen atoms in total. The van der Waals surface area contributed by atoms with Crippen LogP contribution in [0.2, 0.25) is 0 Å². The molecule has 0 spiro atoms. The fourth-order valence-corrected chi connectivity index (χ4v) is 2.49. The van der Waals surface area contributed by atoms with E-state index in [2.05, 4.69) is 13.8 Å². The van der Waals surface area contributed by atoms with Gasteiger partial charge in [0.15, 0.2) is 6.29 Å². The van der Waals surface area contributed by atoms with Crippen molar-refractivity contribution in [3.63, 3.8) is 0 Å². The number of hydrogen-bond donors (Lipinski definition) is 0. The Kier molecular flexibility index (Phi) is 4.03. The summed E-state index contributed by atoms with van der Waals surface area (Å²) in [5.74, 6) is 0.0496. The van der Waals surface area contributed by atoms with Gasteiger partial charge in [-0.05, 0) is 54.2 Å². The second-order valence-electron chi connectivity index (χ2n) is 5.55. The lowest BCUT2D eigenvalue weighted by Crippen LogP contribution is -2.00. The van der Waals surface area contributed by atoms with Crippen LogP contribution in [-0.4, -0.2) is 6.29 Å². The summed E-state index contributed by atoms with van der Waals surface area (Å²) >= 11 is 0. The number of aldehydes is 1. The normalized spacial score (nSPS) is 10.9. The van der Waals surface area contributed by atoms with Crippen LogP contribution in [0.4, 0.5) is 4.39 Å². The Labute approximate surface area is 119 Å². The van der Waals surface area contributed by atoms with Gasteiger partial charge in [0.2, 0.25) is 0 Å². The van der Waals surface area contributed by atoms with Crippen molar-refractivity contribution in [2.45, 2.75) is 33.6 Å². The molecule has 0 heterocycles. The summed E-state index contributed by atoms with van der Waals surface area (Å²) in [6.45, 7) is 7.89. The van der Waals surface area contributed by atoms with E-state index in [1.807, 2.05) is 19.1 Å². The van der Waals surface area contributed by atoms with Gasteiger partial charge in [-0.3, -0.25) is 4.79 Å². The van der Waals surface area contributed by atoms with E-state index in [-0.39, 0.29) is 11.7 Å². The summed E-state index contributed by atoms with van der Waals surface area (Å²) in [6.07, 6.45) is 0.906. The van der Waals surface area contributed by atoms with Gasteiger partial charge in [0, 0.05) is 5.56 Å². The number of carbonyl (C=O) groups is 1. The molecule has 2 aromatic rings. The van der Waals surface area contributed by atoms with Gasteiger partial charge in [0.25, 0.3) is 0 Å². The van der Waals surface area contributed by atoms with Crippen molar-refractivity contribution in [2.24, 2.45) is 0 Å². The fraction of sp³-hybridized carbons (Fsp3) is 0.278. The first-order valence-electron chi connectivity index (χ1n) is 6.80. The number of rotatable bonds is 3. The topological polar surface area (TPSA) is 17.1 Å². The van der Waals surface area contributed by atoms with E-state index in [1.54, 1.807) is 19.1 Å². The maximum atomic E-state index is 13.4. The Hall–Kier alpha value is -1.96. The molecule has 104 valence electrons. The van der Waals surface area contributed by atoms with Gasteiger partial charge in [-0.2, -0.15) is 0 Å². The highest BCUT2D eigenvalue weighted by Gasteiger charge is 2.14. The molecule has 0 N–H and O–H groups in total. The molecule has 0 fully saturated rings. The van der Waals surface area contributed by atoms with E-state index in [9.17, 15) is 9.18 Å². The molecule has 0 bridgehead atoms. The molecule has 0 saturated heterocycles. The third-order valence-corrected chi connectivity index (χ3v) is 3.57. The molecule has 0 aliphatic rings. The molecular weight excluding hydrogens is 251 g/mol. The molecule has 2 rings (SSSR count). The molecule has 20 heavy (non-hydrogen) atoms. The highest BCUT2D eigenvalue weighted by atomic mass is 19.1. The fourth-order valence-electron chi connectivity index (χ4n) is 2.49. The molecule has 2 heteroatoms. The van der Waals surface area contributed by atoms with Crippen LogP contribution in [0.15, 0.2) is 30.3 Å². The van der Waals surface area contributed by atoms with E-state index < -0.39 is 0 Å². The summed E-state index contributed by atoms with van der Waals surface area (Å²) in [5, 5.41) is 0. The van der Waals surface area contributed by atoms with E-state index in [4.69, 9.17) is 0 Å². The first-order valence-corrected chi connectivity index (χ1v) is 6.80. The molecule has 0 aliphatic heterocycles. The van der Waals surface area contributed by atoms with Crippen molar-refractivity contribution in [2.75, 3.05) is 0 Å². The molecule has 0 radical (unpaired) electrons. The van der Waals surface area contributed by atoms with Crippen molar-refractivity contribution in [1.82, 2.24) is 0 Å². The van der Waals surface area contributed by atoms with Crippen LogP contribution >= 0.6 is 0 Å². The molecule has 0 aromatic heterocycles. The highest BCUT2D eigenvalue weighted by Crippen LogP contribution is 2.31. The van der Waals surface area contributed by atoms with Gasteiger partial charge >= 0.3 is 0 Å². The van der Waals surface area contributed by atoms with E-state index >= 15 is 0 Å². The van der Waals surface area contributed by atoms with Gasteiger partial charge in [-0.1, -0.05) is 37.6 Å². The molecule has 0 aliphatic carbocycles. The molecule has 0 amide bonds. The number of aryl methyl sites for hydroxylation is 2. The number of halogens is 1.